The molecule has 0 fully saturated rings. The van der Waals surface area contributed by atoms with Gasteiger partial charge in [0.15, 0.2) is 0 Å². The topological polar surface area (TPSA) is 56.2 Å². The molecule has 3 aromatic rings. The molecule has 0 aliphatic carbocycles. The summed E-state index contributed by atoms with van der Waals surface area (Å²) in [4.78, 5) is 13.1. The number of aryl methyl sites for hydroxylation is 2. The Bertz CT molecular complexity index is 904. The zero-order valence-electron chi connectivity index (χ0n) is 14.7. The predicted molar refractivity (Wildman–Crippen MR) is 107 cm³/mol. The van der Waals surface area contributed by atoms with E-state index in [1.54, 1.807) is 6.20 Å². The number of nitrogens with zero attached hydrogens (tertiary/aromatic N) is 2. The van der Waals surface area contributed by atoms with Gasteiger partial charge in [0.2, 0.25) is 0 Å². The second kappa shape index (κ2) is 8.51. The summed E-state index contributed by atoms with van der Waals surface area (Å²) < 4.78 is 8.55. The highest BCUT2D eigenvalue weighted by Crippen LogP contribution is 2.20. The molecule has 3 rings (SSSR count). The molecule has 5 nitrogen and oxygen atoms in total. The lowest BCUT2D eigenvalue weighted by Crippen LogP contribution is -2.23. The van der Waals surface area contributed by atoms with Crippen molar-refractivity contribution in [3.8, 4) is 5.75 Å². The summed E-state index contributed by atoms with van der Waals surface area (Å²) in [5.74, 6) is 0.743. The van der Waals surface area contributed by atoms with Crippen LogP contribution in [-0.2, 0) is 19.7 Å². The van der Waals surface area contributed by atoms with Gasteiger partial charge < -0.3 is 10.1 Å². The molecule has 2 aromatic heterocycles. The van der Waals surface area contributed by atoms with E-state index in [0.29, 0.717) is 18.0 Å². The van der Waals surface area contributed by atoms with Gasteiger partial charge in [0.25, 0.3) is 5.91 Å². The van der Waals surface area contributed by atoms with Gasteiger partial charge in [0, 0.05) is 12.1 Å². The quantitative estimate of drug-likeness (QED) is 0.594. The summed E-state index contributed by atoms with van der Waals surface area (Å²) in [7, 11) is 0. The van der Waals surface area contributed by atoms with Gasteiger partial charge in [-0.25, -0.2) is 0 Å². The average Bonchev–Trinajstić information content (AvgIpc) is 3.24. The largest absolute Gasteiger partial charge is 0.489 e. The van der Waals surface area contributed by atoms with Crippen molar-refractivity contribution in [1.29, 1.82) is 0 Å². The minimum absolute atomic E-state index is 0.0902. The molecule has 1 aromatic carbocycles. The number of hydrogen-bond donors (Lipinski definition) is 1. The van der Waals surface area contributed by atoms with Crippen molar-refractivity contribution in [3.63, 3.8) is 0 Å². The molecule has 2 heterocycles. The average molecular weight is 434 g/mol. The smallest absolute Gasteiger partial charge is 0.261 e. The molecule has 136 valence electrons. The van der Waals surface area contributed by atoms with Gasteiger partial charge in [-0.2, -0.15) is 5.10 Å². The molecule has 0 radical (unpaired) electrons. The van der Waals surface area contributed by atoms with E-state index in [1.807, 2.05) is 54.2 Å². The van der Waals surface area contributed by atoms with Gasteiger partial charge in [-0.15, -0.1) is 11.3 Å². The van der Waals surface area contributed by atoms with E-state index >= 15 is 0 Å². The lowest BCUT2D eigenvalue weighted by Gasteiger charge is -2.07. The summed E-state index contributed by atoms with van der Waals surface area (Å²) in [5, 5.41) is 9.16. The normalized spacial score (nSPS) is 10.7. The van der Waals surface area contributed by atoms with Gasteiger partial charge in [0.1, 0.15) is 12.4 Å². The summed E-state index contributed by atoms with van der Waals surface area (Å²) in [6.45, 7) is 5.69. The molecule has 1 N–H and O–H groups in total. The third kappa shape index (κ3) is 4.53. The summed E-state index contributed by atoms with van der Waals surface area (Å²) in [6, 6.07) is 9.80. The van der Waals surface area contributed by atoms with E-state index < -0.39 is 0 Å². The number of thiophene rings is 1. The summed E-state index contributed by atoms with van der Waals surface area (Å²) in [5.41, 5.74) is 3.10. The highest BCUT2D eigenvalue weighted by atomic mass is 79.9. The number of halogens is 1. The SMILES string of the molecule is CCn1ncc(Br)c1CNC(=O)c1cc(COc2cccc(C)c2)cs1. The molecule has 1 amide bonds. The molecule has 0 aliphatic rings. The second-order valence-electron chi connectivity index (χ2n) is 5.86. The fraction of sp³-hybridized carbons (Fsp3) is 0.263. The predicted octanol–water partition coefficient (Wildman–Crippen LogP) is 4.54. The van der Waals surface area contributed by atoms with Crippen LogP contribution in [0.1, 0.15) is 33.4 Å². The van der Waals surface area contributed by atoms with Crippen LogP contribution in [0.2, 0.25) is 0 Å². The van der Waals surface area contributed by atoms with Gasteiger partial charge in [-0.05, 0) is 58.9 Å². The Morgan fingerprint density at radius 2 is 2.23 bits per heavy atom. The van der Waals surface area contributed by atoms with Crippen molar-refractivity contribution < 1.29 is 9.53 Å². The van der Waals surface area contributed by atoms with E-state index in [-0.39, 0.29) is 5.91 Å². The van der Waals surface area contributed by atoms with Crippen LogP contribution in [0.4, 0.5) is 0 Å². The molecule has 0 saturated carbocycles. The van der Waals surface area contributed by atoms with Crippen molar-refractivity contribution in [3.05, 3.63) is 68.1 Å². The standard InChI is InChI=1S/C19H20BrN3O2S/c1-3-23-17(16(20)9-22-23)10-21-19(24)18-8-14(12-26-18)11-25-15-6-4-5-13(2)7-15/h4-9,12H,3,10-11H2,1-2H3,(H,21,24). The zero-order chi connectivity index (χ0) is 18.5. The van der Waals surface area contributed by atoms with Crippen molar-refractivity contribution in [2.45, 2.75) is 33.5 Å². The van der Waals surface area contributed by atoms with Crippen LogP contribution in [0, 0.1) is 6.92 Å². The minimum Gasteiger partial charge on any atom is -0.489 e. The van der Waals surface area contributed by atoms with Crippen molar-refractivity contribution in [2.24, 2.45) is 0 Å². The van der Waals surface area contributed by atoms with Crippen molar-refractivity contribution >= 4 is 33.2 Å². The Hall–Kier alpha value is -2.12. The maximum absolute atomic E-state index is 12.4. The number of nitrogens with one attached hydrogen (secondary N) is 1. The highest BCUT2D eigenvalue weighted by Gasteiger charge is 2.12. The van der Waals surface area contributed by atoms with Gasteiger partial charge in [-0.1, -0.05) is 12.1 Å². The first-order valence-corrected chi connectivity index (χ1v) is 9.99. The van der Waals surface area contributed by atoms with E-state index in [0.717, 1.165) is 33.6 Å². The number of carbonyl (C=O) groups is 1. The van der Waals surface area contributed by atoms with Crippen LogP contribution < -0.4 is 10.1 Å². The Morgan fingerprint density at radius 3 is 3.00 bits per heavy atom. The Balaban J connectivity index is 1.56. The van der Waals surface area contributed by atoms with Crippen LogP contribution in [0.3, 0.4) is 0 Å². The first kappa shape index (κ1) is 18.7. The lowest BCUT2D eigenvalue weighted by molar-refractivity contribution is 0.0954. The summed E-state index contributed by atoms with van der Waals surface area (Å²) >= 11 is 4.89. The van der Waals surface area contributed by atoms with E-state index in [9.17, 15) is 4.79 Å². The van der Waals surface area contributed by atoms with Crippen molar-refractivity contribution in [1.82, 2.24) is 15.1 Å². The van der Waals surface area contributed by atoms with Crippen LogP contribution in [0.25, 0.3) is 0 Å². The van der Waals surface area contributed by atoms with E-state index in [2.05, 4.69) is 26.3 Å². The third-order valence-corrected chi connectivity index (χ3v) is 5.53. The van der Waals surface area contributed by atoms with Gasteiger partial charge >= 0.3 is 0 Å². The molecule has 0 spiro atoms. The number of aromatic nitrogens is 2. The van der Waals surface area contributed by atoms with Gasteiger partial charge in [0.05, 0.1) is 27.8 Å². The number of ether oxygens (including phenoxy) is 1. The van der Waals surface area contributed by atoms with Crippen LogP contribution in [-0.4, -0.2) is 15.7 Å². The van der Waals surface area contributed by atoms with Crippen molar-refractivity contribution in [2.75, 3.05) is 0 Å². The Labute approximate surface area is 165 Å². The van der Waals surface area contributed by atoms with Crippen LogP contribution in [0.15, 0.2) is 46.4 Å². The number of hydrogen-bond acceptors (Lipinski definition) is 4. The number of rotatable bonds is 7. The Morgan fingerprint density at radius 1 is 1.38 bits per heavy atom. The molecule has 26 heavy (non-hydrogen) atoms. The molecule has 0 aliphatic heterocycles. The number of carbonyl (C=O) groups excluding carboxylic acids is 1. The molecule has 0 atom stereocenters. The third-order valence-electron chi connectivity index (χ3n) is 3.89. The van der Waals surface area contributed by atoms with Crippen LogP contribution in [0.5, 0.6) is 5.75 Å². The van der Waals surface area contributed by atoms with Crippen LogP contribution >= 0.6 is 27.3 Å². The molecule has 0 bridgehead atoms. The molecule has 0 saturated heterocycles. The minimum atomic E-state index is -0.0902. The molecular weight excluding hydrogens is 414 g/mol. The lowest BCUT2D eigenvalue weighted by atomic mass is 10.2. The second-order valence-corrected chi connectivity index (χ2v) is 7.63. The maximum Gasteiger partial charge on any atom is 0.261 e. The molecule has 7 heteroatoms. The first-order chi connectivity index (χ1) is 12.6. The van der Waals surface area contributed by atoms with E-state index in [1.165, 1.54) is 11.3 Å². The highest BCUT2D eigenvalue weighted by molar-refractivity contribution is 9.10. The summed E-state index contributed by atoms with van der Waals surface area (Å²) in [6.07, 6.45) is 1.75. The fourth-order valence-corrected chi connectivity index (χ4v) is 3.78. The number of benzene rings is 1. The maximum atomic E-state index is 12.4. The zero-order valence-corrected chi connectivity index (χ0v) is 17.1. The monoisotopic (exact) mass is 433 g/mol. The molecular formula is C19H20BrN3O2S. The number of amides is 1. The Kier molecular flexibility index (Phi) is 6.11. The molecule has 0 unspecified atom stereocenters. The van der Waals surface area contributed by atoms with Gasteiger partial charge in [-0.3, -0.25) is 9.48 Å². The van der Waals surface area contributed by atoms with E-state index in [4.69, 9.17) is 4.74 Å². The fourth-order valence-electron chi connectivity index (χ4n) is 2.53. The first-order valence-electron chi connectivity index (χ1n) is 8.32.